The fraction of sp³-hybridized carbons (Fsp3) is 0.588. The Balaban J connectivity index is 2.06. The number of carbonyl (C=O) groups excluding carboxylic acids is 1. The van der Waals surface area contributed by atoms with Crippen molar-refractivity contribution in [2.75, 3.05) is 19.6 Å². The number of nitrogens with zero attached hydrogens (tertiary/aromatic N) is 1. The highest BCUT2D eigenvalue weighted by atomic mass is 16.2. The minimum atomic E-state index is 0.236. The molecule has 0 saturated carbocycles. The molecule has 0 aromatic heterocycles. The van der Waals surface area contributed by atoms with E-state index in [0.29, 0.717) is 11.8 Å². The summed E-state index contributed by atoms with van der Waals surface area (Å²) in [6.45, 7) is 9.00. The van der Waals surface area contributed by atoms with E-state index >= 15 is 0 Å². The van der Waals surface area contributed by atoms with Crippen molar-refractivity contribution in [1.29, 1.82) is 0 Å². The highest BCUT2D eigenvalue weighted by Crippen LogP contribution is 2.24. The minimum absolute atomic E-state index is 0.236. The first-order chi connectivity index (χ1) is 9.63. The maximum Gasteiger partial charge on any atom is 0.222 e. The van der Waals surface area contributed by atoms with Crippen LogP contribution in [0.15, 0.2) is 24.3 Å². The summed E-state index contributed by atoms with van der Waals surface area (Å²) in [5.74, 6) is 0.856. The highest BCUT2D eigenvalue weighted by Gasteiger charge is 2.30. The fourth-order valence-corrected chi connectivity index (χ4v) is 2.86. The molecule has 0 bridgehead atoms. The van der Waals surface area contributed by atoms with Gasteiger partial charge in [0.15, 0.2) is 0 Å². The normalized spacial score (nSPS) is 20.4. The van der Waals surface area contributed by atoms with Crippen molar-refractivity contribution in [3.05, 3.63) is 35.4 Å². The van der Waals surface area contributed by atoms with E-state index in [-0.39, 0.29) is 6.04 Å². The van der Waals surface area contributed by atoms with Gasteiger partial charge in [-0.1, -0.05) is 50.1 Å². The number of likely N-dealkylation sites (N-methyl/N-ethyl adjacent to an activating group) is 1. The molecule has 1 heterocycles. The third-order valence-corrected chi connectivity index (χ3v) is 4.21. The molecule has 1 N–H and O–H groups in total. The first kappa shape index (κ1) is 15.0. The number of likely N-dealkylation sites (tertiary alicyclic amines) is 1. The van der Waals surface area contributed by atoms with Gasteiger partial charge in [0, 0.05) is 25.6 Å². The Bertz CT molecular complexity index is 441. The van der Waals surface area contributed by atoms with Crippen molar-refractivity contribution in [3.8, 4) is 0 Å². The lowest BCUT2D eigenvalue weighted by Crippen LogP contribution is -2.36. The summed E-state index contributed by atoms with van der Waals surface area (Å²) in [5, 5.41) is 3.50. The van der Waals surface area contributed by atoms with Crippen LogP contribution in [0, 0.1) is 12.8 Å². The maximum atomic E-state index is 12.1. The first-order valence-electron chi connectivity index (χ1n) is 7.71. The van der Waals surface area contributed by atoms with E-state index in [4.69, 9.17) is 0 Å². The topological polar surface area (TPSA) is 32.3 Å². The molecular formula is C17H26N2O. The molecule has 1 amide bonds. The minimum Gasteiger partial charge on any atom is -0.340 e. The van der Waals surface area contributed by atoms with Gasteiger partial charge in [-0.25, -0.2) is 0 Å². The van der Waals surface area contributed by atoms with Gasteiger partial charge in [0.25, 0.3) is 0 Å². The molecule has 3 heteroatoms. The molecule has 110 valence electrons. The molecule has 1 aliphatic heterocycles. The maximum absolute atomic E-state index is 12.1. The van der Waals surface area contributed by atoms with E-state index in [0.717, 1.165) is 32.5 Å². The number of hydrogen-bond acceptors (Lipinski definition) is 2. The van der Waals surface area contributed by atoms with Gasteiger partial charge in [0.1, 0.15) is 0 Å². The van der Waals surface area contributed by atoms with Gasteiger partial charge < -0.3 is 10.2 Å². The second-order valence-corrected chi connectivity index (χ2v) is 5.80. The van der Waals surface area contributed by atoms with E-state index in [2.05, 4.69) is 50.4 Å². The predicted octanol–water partition coefficient (Wildman–Crippen LogP) is 2.90. The summed E-state index contributed by atoms with van der Waals surface area (Å²) < 4.78 is 0. The Hall–Kier alpha value is -1.35. The molecule has 0 aliphatic carbocycles. The van der Waals surface area contributed by atoms with Crippen molar-refractivity contribution < 1.29 is 4.79 Å². The zero-order valence-corrected chi connectivity index (χ0v) is 12.9. The molecular weight excluding hydrogens is 248 g/mol. The van der Waals surface area contributed by atoms with Crippen LogP contribution in [-0.2, 0) is 4.79 Å². The summed E-state index contributed by atoms with van der Waals surface area (Å²) in [4.78, 5) is 14.1. The molecule has 3 nitrogen and oxygen atoms in total. The van der Waals surface area contributed by atoms with Crippen LogP contribution in [0.5, 0.6) is 0 Å². The second-order valence-electron chi connectivity index (χ2n) is 5.80. The molecule has 0 spiro atoms. The molecule has 0 radical (unpaired) electrons. The van der Waals surface area contributed by atoms with Gasteiger partial charge in [-0.2, -0.15) is 0 Å². The van der Waals surface area contributed by atoms with Crippen LogP contribution in [0.2, 0.25) is 0 Å². The molecule has 1 fully saturated rings. The Labute approximate surface area is 122 Å². The molecule has 1 saturated heterocycles. The van der Waals surface area contributed by atoms with Gasteiger partial charge in [0.2, 0.25) is 5.91 Å². The summed E-state index contributed by atoms with van der Waals surface area (Å²) in [6.07, 6.45) is 1.82. The monoisotopic (exact) mass is 274 g/mol. The SMILES string of the molecule is CCNC(CN1CC(CC)CC1=O)c1ccc(C)cc1. The standard InChI is InChI=1S/C17H26N2O/c1-4-14-10-17(20)19(11-14)12-16(18-5-2)15-8-6-13(3)7-9-15/h6-9,14,16,18H,4-5,10-12H2,1-3H3. The quantitative estimate of drug-likeness (QED) is 0.865. The number of aryl methyl sites for hydroxylation is 1. The number of rotatable bonds is 6. The van der Waals surface area contributed by atoms with E-state index < -0.39 is 0 Å². The van der Waals surface area contributed by atoms with Crippen LogP contribution in [-0.4, -0.2) is 30.4 Å². The van der Waals surface area contributed by atoms with Crippen LogP contribution >= 0.6 is 0 Å². The largest absolute Gasteiger partial charge is 0.340 e. The number of amides is 1. The first-order valence-corrected chi connectivity index (χ1v) is 7.71. The Morgan fingerprint density at radius 3 is 2.55 bits per heavy atom. The lowest BCUT2D eigenvalue weighted by Gasteiger charge is -2.25. The second kappa shape index (κ2) is 6.89. The van der Waals surface area contributed by atoms with Gasteiger partial charge >= 0.3 is 0 Å². The fourth-order valence-electron chi connectivity index (χ4n) is 2.86. The van der Waals surface area contributed by atoms with Crippen molar-refractivity contribution in [2.45, 2.75) is 39.7 Å². The summed E-state index contributed by atoms with van der Waals surface area (Å²) in [7, 11) is 0. The van der Waals surface area contributed by atoms with Crippen LogP contribution < -0.4 is 5.32 Å². The summed E-state index contributed by atoms with van der Waals surface area (Å²) in [5.41, 5.74) is 2.54. The molecule has 1 aromatic carbocycles. The lowest BCUT2D eigenvalue weighted by molar-refractivity contribution is -0.128. The van der Waals surface area contributed by atoms with E-state index in [1.54, 1.807) is 0 Å². The molecule has 20 heavy (non-hydrogen) atoms. The van der Waals surface area contributed by atoms with Crippen molar-refractivity contribution >= 4 is 5.91 Å². The molecule has 2 rings (SSSR count). The average molecular weight is 274 g/mol. The summed E-state index contributed by atoms with van der Waals surface area (Å²) >= 11 is 0. The Morgan fingerprint density at radius 1 is 1.30 bits per heavy atom. The zero-order valence-electron chi connectivity index (χ0n) is 12.9. The predicted molar refractivity (Wildman–Crippen MR) is 82.6 cm³/mol. The zero-order chi connectivity index (χ0) is 14.5. The van der Waals surface area contributed by atoms with Gasteiger partial charge in [0.05, 0.1) is 0 Å². The van der Waals surface area contributed by atoms with Gasteiger partial charge in [-0.15, -0.1) is 0 Å². The number of benzene rings is 1. The lowest BCUT2D eigenvalue weighted by atomic mass is 10.0. The van der Waals surface area contributed by atoms with Crippen molar-refractivity contribution in [1.82, 2.24) is 10.2 Å². The smallest absolute Gasteiger partial charge is 0.222 e. The number of carbonyl (C=O) groups is 1. The Morgan fingerprint density at radius 2 is 2.00 bits per heavy atom. The van der Waals surface area contributed by atoms with Crippen LogP contribution in [0.4, 0.5) is 0 Å². The third kappa shape index (κ3) is 3.60. The molecule has 2 unspecified atom stereocenters. The van der Waals surface area contributed by atoms with E-state index in [1.807, 2.05) is 4.90 Å². The van der Waals surface area contributed by atoms with Crippen LogP contribution in [0.3, 0.4) is 0 Å². The van der Waals surface area contributed by atoms with Crippen molar-refractivity contribution in [2.24, 2.45) is 5.92 Å². The number of nitrogens with one attached hydrogen (secondary N) is 1. The molecule has 1 aliphatic rings. The van der Waals surface area contributed by atoms with Crippen molar-refractivity contribution in [3.63, 3.8) is 0 Å². The number of hydrogen-bond donors (Lipinski definition) is 1. The highest BCUT2D eigenvalue weighted by molar-refractivity contribution is 5.78. The average Bonchev–Trinajstić information content (AvgIpc) is 2.80. The van der Waals surface area contributed by atoms with Gasteiger partial charge in [-0.3, -0.25) is 4.79 Å². The molecule has 2 atom stereocenters. The summed E-state index contributed by atoms with van der Waals surface area (Å²) in [6, 6.07) is 8.85. The molecule has 1 aromatic rings. The van der Waals surface area contributed by atoms with E-state index in [9.17, 15) is 4.79 Å². The third-order valence-electron chi connectivity index (χ3n) is 4.21. The van der Waals surface area contributed by atoms with Crippen LogP contribution in [0.25, 0.3) is 0 Å². The van der Waals surface area contributed by atoms with E-state index in [1.165, 1.54) is 11.1 Å². The van der Waals surface area contributed by atoms with Crippen LogP contribution in [0.1, 0.15) is 43.9 Å². The Kier molecular flexibility index (Phi) is 5.18. The van der Waals surface area contributed by atoms with Gasteiger partial charge in [-0.05, 0) is 24.9 Å².